The Hall–Kier alpha value is -3.79. The molecule has 0 saturated carbocycles. The van der Waals surface area contributed by atoms with Crippen LogP contribution in [0.2, 0.25) is 0 Å². The van der Waals surface area contributed by atoms with Crippen LogP contribution in [0.25, 0.3) is 21.5 Å². The minimum absolute atomic E-state index is 0.0967. The summed E-state index contributed by atoms with van der Waals surface area (Å²) in [6.07, 6.45) is 1.63. The highest BCUT2D eigenvalue weighted by Crippen LogP contribution is 2.37. The van der Waals surface area contributed by atoms with Crippen molar-refractivity contribution in [2.75, 3.05) is 6.61 Å². The van der Waals surface area contributed by atoms with Crippen LogP contribution in [0.4, 0.5) is 4.39 Å². The molecule has 0 saturated heterocycles. The van der Waals surface area contributed by atoms with Crippen LogP contribution < -0.4 is 5.56 Å². The van der Waals surface area contributed by atoms with Crippen molar-refractivity contribution in [3.8, 4) is 10.4 Å². The van der Waals surface area contributed by atoms with Gasteiger partial charge < -0.3 is 9.84 Å². The number of carbonyl (C=O) groups is 2. The molecule has 0 fully saturated rings. The van der Waals surface area contributed by atoms with Crippen LogP contribution in [0.1, 0.15) is 44.6 Å². The maximum atomic E-state index is 13.4. The molecule has 10 heteroatoms. The van der Waals surface area contributed by atoms with Crippen LogP contribution in [0.15, 0.2) is 41.2 Å². The van der Waals surface area contributed by atoms with E-state index in [1.807, 2.05) is 4.68 Å². The highest BCUT2D eigenvalue weighted by atomic mass is 32.1. The lowest BCUT2D eigenvalue weighted by molar-refractivity contribution is 0.0525. The summed E-state index contributed by atoms with van der Waals surface area (Å²) in [6, 6.07) is 9.19. The summed E-state index contributed by atoms with van der Waals surface area (Å²) in [6.45, 7) is 2.98. The Morgan fingerprint density at radius 2 is 1.86 bits per heavy atom. The van der Waals surface area contributed by atoms with Gasteiger partial charge in [-0.15, -0.1) is 11.3 Å². The Morgan fingerprint density at radius 1 is 1.11 bits per heavy atom. The van der Waals surface area contributed by atoms with Crippen LogP contribution in [-0.4, -0.2) is 38.0 Å². The zero-order chi connectivity index (χ0) is 24.7. The molecule has 0 unspecified atom stereocenters. The van der Waals surface area contributed by atoms with E-state index >= 15 is 0 Å². The van der Waals surface area contributed by atoms with Gasteiger partial charge in [0.1, 0.15) is 10.7 Å². The molecular weight excluding hydrogens is 473 g/mol. The normalized spacial score (nSPS) is 12.7. The summed E-state index contributed by atoms with van der Waals surface area (Å²) < 4.78 is 22.2. The van der Waals surface area contributed by atoms with Gasteiger partial charge >= 0.3 is 11.9 Å². The molecule has 0 spiro atoms. The maximum Gasteiger partial charge on any atom is 0.345 e. The van der Waals surface area contributed by atoms with Crippen molar-refractivity contribution in [1.29, 1.82) is 0 Å². The number of aromatic nitrogens is 3. The molecular formula is C25H22FN3O5S. The molecule has 5 rings (SSSR count). The number of benzene rings is 1. The first-order valence-corrected chi connectivity index (χ1v) is 12.1. The van der Waals surface area contributed by atoms with Gasteiger partial charge in [0.25, 0.3) is 5.56 Å². The number of carboxylic acids is 1. The molecule has 180 valence electrons. The van der Waals surface area contributed by atoms with E-state index in [-0.39, 0.29) is 33.8 Å². The highest BCUT2D eigenvalue weighted by molar-refractivity contribution is 7.17. The molecule has 0 bridgehead atoms. The summed E-state index contributed by atoms with van der Waals surface area (Å²) >= 11 is 0.999. The van der Waals surface area contributed by atoms with Crippen LogP contribution in [0.5, 0.6) is 0 Å². The van der Waals surface area contributed by atoms with E-state index in [1.165, 1.54) is 18.2 Å². The molecule has 0 amide bonds. The first-order chi connectivity index (χ1) is 16.9. The van der Waals surface area contributed by atoms with Crippen molar-refractivity contribution >= 4 is 34.3 Å². The number of rotatable bonds is 7. The van der Waals surface area contributed by atoms with Gasteiger partial charge in [0.15, 0.2) is 5.65 Å². The third-order valence-electron chi connectivity index (χ3n) is 6.08. The van der Waals surface area contributed by atoms with Crippen LogP contribution in [-0.2, 0) is 30.7 Å². The van der Waals surface area contributed by atoms with Gasteiger partial charge in [0.05, 0.1) is 23.3 Å². The Morgan fingerprint density at radius 3 is 2.54 bits per heavy atom. The number of thiophene rings is 1. The van der Waals surface area contributed by atoms with E-state index in [4.69, 9.17) is 9.72 Å². The van der Waals surface area contributed by atoms with Crippen molar-refractivity contribution in [1.82, 2.24) is 14.3 Å². The Labute approximate surface area is 203 Å². The van der Waals surface area contributed by atoms with Crippen molar-refractivity contribution in [2.24, 2.45) is 0 Å². The first-order valence-electron chi connectivity index (χ1n) is 11.3. The van der Waals surface area contributed by atoms with Crippen LogP contribution >= 0.6 is 11.3 Å². The topological polar surface area (TPSA) is 103 Å². The van der Waals surface area contributed by atoms with Gasteiger partial charge in [-0.1, -0.05) is 12.1 Å². The quantitative estimate of drug-likeness (QED) is 0.387. The van der Waals surface area contributed by atoms with Crippen molar-refractivity contribution in [3.05, 3.63) is 74.3 Å². The summed E-state index contributed by atoms with van der Waals surface area (Å²) in [5.74, 6) is -2.04. The zero-order valence-electron chi connectivity index (χ0n) is 18.9. The molecule has 0 aliphatic carbocycles. The third kappa shape index (κ3) is 4.03. The summed E-state index contributed by atoms with van der Waals surface area (Å²) in [7, 11) is 0. The Kier molecular flexibility index (Phi) is 5.98. The number of halogens is 1. The van der Waals surface area contributed by atoms with E-state index in [2.05, 4.69) is 0 Å². The summed E-state index contributed by atoms with van der Waals surface area (Å²) in [5.41, 5.74) is 2.05. The standard InChI is InChI=1S/C25H22FN3O5S/c1-2-34-25(33)19-16(9-6-14-4-7-15(26)8-5-14)27-22-21(23(30)29-13-3-12-28(22)29)20(19)17-10-11-18(35-17)24(31)32/h4-5,7-8,10-11H,2-3,6,9,12-13H2,1H3,(H,31,32). The van der Waals surface area contributed by atoms with E-state index in [0.717, 1.165) is 23.3 Å². The summed E-state index contributed by atoms with van der Waals surface area (Å²) in [5, 5.41) is 9.75. The lowest BCUT2D eigenvalue weighted by Gasteiger charge is -2.14. The maximum absolute atomic E-state index is 13.4. The fourth-order valence-electron chi connectivity index (χ4n) is 4.53. The zero-order valence-corrected chi connectivity index (χ0v) is 19.7. The lowest BCUT2D eigenvalue weighted by Crippen LogP contribution is -2.17. The molecule has 3 aromatic heterocycles. The van der Waals surface area contributed by atoms with Gasteiger partial charge in [-0.25, -0.2) is 23.6 Å². The predicted molar refractivity (Wildman–Crippen MR) is 129 cm³/mol. The second-order valence-corrected chi connectivity index (χ2v) is 9.31. The fourth-order valence-corrected chi connectivity index (χ4v) is 5.44. The van der Waals surface area contributed by atoms with Gasteiger partial charge in [0.2, 0.25) is 0 Å². The van der Waals surface area contributed by atoms with Crippen molar-refractivity contribution in [3.63, 3.8) is 0 Å². The molecule has 4 aromatic rings. The van der Waals surface area contributed by atoms with E-state index in [9.17, 15) is 23.9 Å². The average Bonchev–Trinajstić information content (AvgIpc) is 3.57. The third-order valence-corrected chi connectivity index (χ3v) is 7.17. The molecule has 4 heterocycles. The van der Waals surface area contributed by atoms with Gasteiger partial charge in [-0.05, 0) is 56.0 Å². The molecule has 0 atom stereocenters. The molecule has 1 aliphatic rings. The molecule has 1 aliphatic heterocycles. The molecule has 8 nitrogen and oxygen atoms in total. The largest absolute Gasteiger partial charge is 0.477 e. The minimum atomic E-state index is -1.09. The highest BCUT2D eigenvalue weighted by Gasteiger charge is 2.30. The number of hydrogen-bond acceptors (Lipinski definition) is 6. The van der Waals surface area contributed by atoms with Gasteiger partial charge in [-0.2, -0.15) is 0 Å². The van der Waals surface area contributed by atoms with Gasteiger partial charge in [0, 0.05) is 23.5 Å². The average molecular weight is 496 g/mol. The van der Waals surface area contributed by atoms with Crippen molar-refractivity contribution in [2.45, 2.75) is 39.3 Å². The Bertz CT molecular complexity index is 1520. The number of hydrogen-bond donors (Lipinski definition) is 1. The number of carbonyl (C=O) groups excluding carboxylic acids is 1. The minimum Gasteiger partial charge on any atom is -0.477 e. The Balaban J connectivity index is 1.76. The second kappa shape index (κ2) is 9.10. The second-order valence-electron chi connectivity index (χ2n) is 8.23. The molecule has 1 aromatic carbocycles. The van der Waals surface area contributed by atoms with E-state index < -0.39 is 11.9 Å². The predicted octanol–water partition coefficient (Wildman–Crippen LogP) is 4.13. The fraction of sp³-hybridized carbons (Fsp3) is 0.280. The first kappa shape index (κ1) is 23.0. The number of aryl methyl sites for hydroxylation is 3. The number of esters is 1. The number of ether oxygens (including phenoxy) is 1. The smallest absolute Gasteiger partial charge is 0.345 e. The number of fused-ring (bicyclic) bond motifs is 3. The molecule has 0 radical (unpaired) electrons. The number of nitrogens with zero attached hydrogens (tertiary/aromatic N) is 3. The summed E-state index contributed by atoms with van der Waals surface area (Å²) in [4.78, 5) is 43.6. The molecule has 1 N–H and O–H groups in total. The van der Waals surface area contributed by atoms with E-state index in [1.54, 1.807) is 29.8 Å². The molecule has 35 heavy (non-hydrogen) atoms. The monoisotopic (exact) mass is 495 g/mol. The number of pyridine rings is 1. The number of carboxylic acid groups (broad SMARTS) is 1. The number of aromatic carboxylic acids is 1. The van der Waals surface area contributed by atoms with Crippen LogP contribution in [0.3, 0.4) is 0 Å². The van der Waals surface area contributed by atoms with Crippen LogP contribution in [0, 0.1) is 5.82 Å². The van der Waals surface area contributed by atoms with Gasteiger partial charge in [-0.3, -0.25) is 9.48 Å². The SMILES string of the molecule is CCOC(=O)c1c(CCc2ccc(F)cc2)nc2c(c1-c1ccc(C(=O)O)s1)c(=O)n1n2CCC1. The van der Waals surface area contributed by atoms with E-state index in [0.29, 0.717) is 47.7 Å². The van der Waals surface area contributed by atoms with Crippen molar-refractivity contribution < 1.29 is 23.8 Å². The lowest BCUT2D eigenvalue weighted by atomic mass is 9.97.